The van der Waals surface area contributed by atoms with Crippen LogP contribution in [0.1, 0.15) is 39.1 Å². The van der Waals surface area contributed by atoms with Gasteiger partial charge >= 0.3 is 0 Å². The van der Waals surface area contributed by atoms with Crippen LogP contribution >= 0.6 is 11.6 Å². The van der Waals surface area contributed by atoms with Gasteiger partial charge in [-0.1, -0.05) is 23.7 Å². The lowest BCUT2D eigenvalue weighted by atomic mass is 10.1. The maximum absolute atomic E-state index is 12.5. The summed E-state index contributed by atoms with van der Waals surface area (Å²) < 4.78 is 0. The van der Waals surface area contributed by atoms with Gasteiger partial charge in [0, 0.05) is 38.2 Å². The molecular formula is C21H20ClN3O4. The number of hydrogen-bond donors (Lipinski definition) is 1. The number of benzene rings is 2. The summed E-state index contributed by atoms with van der Waals surface area (Å²) in [6.45, 7) is 0.201. The van der Waals surface area contributed by atoms with E-state index in [1.165, 1.54) is 15.9 Å². The number of anilines is 1. The standard InChI is InChI=1S/C21H20ClN3O4/c1-24(2)21(29)16-11-15(7-8-17(16)22)23-20(28)14-5-3-13(4-6-14)12-25-18(26)9-10-19(25)27/h3-8,11H,9-10,12H2,1-2H3,(H,23,28). The molecule has 2 aromatic carbocycles. The Labute approximate surface area is 173 Å². The van der Waals surface area contributed by atoms with Crippen molar-refractivity contribution in [2.24, 2.45) is 0 Å². The van der Waals surface area contributed by atoms with Gasteiger partial charge in [-0.05, 0) is 35.9 Å². The van der Waals surface area contributed by atoms with Gasteiger partial charge in [-0.2, -0.15) is 0 Å². The normalized spacial score (nSPS) is 13.6. The molecule has 0 bridgehead atoms. The van der Waals surface area contributed by atoms with Crippen LogP contribution in [-0.4, -0.2) is 47.5 Å². The van der Waals surface area contributed by atoms with Crippen molar-refractivity contribution in [1.29, 1.82) is 0 Å². The largest absolute Gasteiger partial charge is 0.345 e. The van der Waals surface area contributed by atoms with E-state index < -0.39 is 0 Å². The van der Waals surface area contributed by atoms with Gasteiger partial charge in [0.25, 0.3) is 11.8 Å². The molecular weight excluding hydrogens is 394 g/mol. The summed E-state index contributed by atoms with van der Waals surface area (Å²) >= 11 is 6.08. The van der Waals surface area contributed by atoms with E-state index >= 15 is 0 Å². The number of carbonyl (C=O) groups is 4. The second kappa shape index (κ2) is 8.45. The van der Waals surface area contributed by atoms with E-state index in [0.29, 0.717) is 21.8 Å². The Morgan fingerprint density at radius 3 is 2.24 bits per heavy atom. The highest BCUT2D eigenvalue weighted by atomic mass is 35.5. The summed E-state index contributed by atoms with van der Waals surface area (Å²) in [6, 6.07) is 11.4. The molecule has 1 N–H and O–H groups in total. The predicted octanol–water partition coefficient (Wildman–Crippen LogP) is 2.94. The van der Waals surface area contributed by atoms with E-state index in [1.807, 2.05) is 0 Å². The number of hydrogen-bond acceptors (Lipinski definition) is 4. The van der Waals surface area contributed by atoms with Crippen molar-refractivity contribution in [1.82, 2.24) is 9.80 Å². The fraction of sp³-hybridized carbons (Fsp3) is 0.238. The molecule has 8 heteroatoms. The predicted molar refractivity (Wildman–Crippen MR) is 109 cm³/mol. The quantitative estimate of drug-likeness (QED) is 0.763. The van der Waals surface area contributed by atoms with Crippen LogP contribution in [-0.2, 0) is 16.1 Å². The fourth-order valence-electron chi connectivity index (χ4n) is 2.95. The molecule has 0 unspecified atom stereocenters. The van der Waals surface area contributed by atoms with Crippen LogP contribution in [0.3, 0.4) is 0 Å². The highest BCUT2D eigenvalue weighted by Crippen LogP contribution is 2.22. The summed E-state index contributed by atoms with van der Waals surface area (Å²) in [5.74, 6) is -0.970. The number of nitrogens with zero attached hydrogens (tertiary/aromatic N) is 2. The van der Waals surface area contributed by atoms with Gasteiger partial charge in [0.2, 0.25) is 11.8 Å². The monoisotopic (exact) mass is 413 g/mol. The minimum Gasteiger partial charge on any atom is -0.345 e. The van der Waals surface area contributed by atoms with E-state index in [-0.39, 0.29) is 43.0 Å². The lowest BCUT2D eigenvalue weighted by Crippen LogP contribution is -2.28. The Morgan fingerprint density at radius 1 is 1.03 bits per heavy atom. The third-order valence-corrected chi connectivity index (χ3v) is 4.90. The van der Waals surface area contributed by atoms with Gasteiger partial charge in [-0.3, -0.25) is 24.1 Å². The van der Waals surface area contributed by atoms with E-state index in [4.69, 9.17) is 11.6 Å². The molecule has 1 fully saturated rings. The molecule has 0 aliphatic carbocycles. The van der Waals surface area contributed by atoms with Gasteiger partial charge < -0.3 is 10.2 Å². The van der Waals surface area contributed by atoms with Crippen LogP contribution in [0.2, 0.25) is 5.02 Å². The van der Waals surface area contributed by atoms with Crippen LogP contribution in [0.15, 0.2) is 42.5 Å². The number of rotatable bonds is 5. The van der Waals surface area contributed by atoms with Crippen LogP contribution in [0, 0.1) is 0 Å². The molecule has 7 nitrogen and oxygen atoms in total. The van der Waals surface area contributed by atoms with Crippen molar-refractivity contribution in [2.45, 2.75) is 19.4 Å². The fourth-order valence-corrected chi connectivity index (χ4v) is 3.15. The molecule has 150 valence electrons. The van der Waals surface area contributed by atoms with E-state index in [0.717, 1.165) is 5.56 Å². The van der Waals surface area contributed by atoms with Crippen molar-refractivity contribution < 1.29 is 19.2 Å². The molecule has 29 heavy (non-hydrogen) atoms. The molecule has 1 heterocycles. The average Bonchev–Trinajstić information content (AvgIpc) is 3.01. The Morgan fingerprint density at radius 2 is 1.66 bits per heavy atom. The molecule has 1 aliphatic heterocycles. The molecule has 4 amide bonds. The summed E-state index contributed by atoms with van der Waals surface area (Å²) in [6.07, 6.45) is 0.497. The van der Waals surface area contributed by atoms with Crippen LogP contribution < -0.4 is 5.32 Å². The lowest BCUT2D eigenvalue weighted by molar-refractivity contribution is -0.139. The first-order valence-electron chi connectivity index (χ1n) is 9.01. The zero-order chi connectivity index (χ0) is 21.1. The van der Waals surface area contributed by atoms with Crippen molar-refractivity contribution in [3.63, 3.8) is 0 Å². The molecule has 2 aromatic rings. The number of likely N-dealkylation sites (tertiary alicyclic amines) is 1. The SMILES string of the molecule is CN(C)C(=O)c1cc(NC(=O)c2ccc(CN3C(=O)CCC3=O)cc2)ccc1Cl. The first-order valence-corrected chi connectivity index (χ1v) is 9.38. The highest BCUT2D eigenvalue weighted by Gasteiger charge is 2.28. The van der Waals surface area contributed by atoms with Crippen molar-refractivity contribution in [3.05, 3.63) is 64.2 Å². The Kier molecular flexibility index (Phi) is 5.98. The third kappa shape index (κ3) is 4.63. The minimum absolute atomic E-state index is 0.178. The lowest BCUT2D eigenvalue weighted by Gasteiger charge is -2.14. The first kappa shape index (κ1) is 20.5. The summed E-state index contributed by atoms with van der Waals surface area (Å²) in [5, 5.41) is 3.04. The maximum atomic E-state index is 12.5. The molecule has 0 aromatic heterocycles. The van der Waals surface area contributed by atoms with Gasteiger partial charge in [-0.25, -0.2) is 0 Å². The Hall–Kier alpha value is -3.19. The summed E-state index contributed by atoms with van der Waals surface area (Å²) in [4.78, 5) is 50.8. The van der Waals surface area contributed by atoms with Crippen molar-refractivity contribution >= 4 is 40.9 Å². The Balaban J connectivity index is 1.70. The van der Waals surface area contributed by atoms with Gasteiger partial charge in [0.1, 0.15) is 0 Å². The molecule has 3 rings (SSSR count). The van der Waals surface area contributed by atoms with Crippen LogP contribution in [0.4, 0.5) is 5.69 Å². The Bertz CT molecular complexity index is 970. The first-order chi connectivity index (χ1) is 13.8. The zero-order valence-electron chi connectivity index (χ0n) is 16.1. The molecule has 1 aliphatic rings. The van der Waals surface area contributed by atoms with Crippen molar-refractivity contribution in [3.8, 4) is 0 Å². The van der Waals surface area contributed by atoms with Gasteiger partial charge in [0.15, 0.2) is 0 Å². The topological polar surface area (TPSA) is 86.8 Å². The number of imide groups is 1. The molecule has 0 saturated carbocycles. The maximum Gasteiger partial charge on any atom is 0.255 e. The van der Waals surface area contributed by atoms with E-state index in [9.17, 15) is 19.2 Å². The zero-order valence-corrected chi connectivity index (χ0v) is 16.8. The third-order valence-electron chi connectivity index (χ3n) is 4.57. The number of amides is 4. The molecule has 0 spiro atoms. The highest BCUT2D eigenvalue weighted by molar-refractivity contribution is 6.34. The summed E-state index contributed by atoms with van der Waals surface area (Å²) in [5.41, 5.74) is 1.91. The minimum atomic E-state index is -0.351. The smallest absolute Gasteiger partial charge is 0.255 e. The number of carbonyl (C=O) groups excluding carboxylic acids is 4. The molecule has 0 radical (unpaired) electrons. The summed E-state index contributed by atoms with van der Waals surface area (Å²) in [7, 11) is 3.24. The van der Waals surface area contributed by atoms with Crippen LogP contribution in [0.5, 0.6) is 0 Å². The van der Waals surface area contributed by atoms with E-state index in [2.05, 4.69) is 5.32 Å². The van der Waals surface area contributed by atoms with Crippen molar-refractivity contribution in [2.75, 3.05) is 19.4 Å². The second-order valence-corrected chi connectivity index (χ2v) is 7.33. The number of halogens is 1. The second-order valence-electron chi connectivity index (χ2n) is 6.92. The number of nitrogens with one attached hydrogen (secondary N) is 1. The molecule has 0 atom stereocenters. The average molecular weight is 414 g/mol. The van der Waals surface area contributed by atoms with Gasteiger partial charge in [0.05, 0.1) is 17.1 Å². The molecule has 1 saturated heterocycles. The van der Waals surface area contributed by atoms with Crippen LogP contribution in [0.25, 0.3) is 0 Å². The van der Waals surface area contributed by atoms with Gasteiger partial charge in [-0.15, -0.1) is 0 Å². The van der Waals surface area contributed by atoms with E-state index in [1.54, 1.807) is 50.5 Å².